The molecule has 0 radical (unpaired) electrons. The predicted molar refractivity (Wildman–Crippen MR) is 79.2 cm³/mol. The van der Waals surface area contributed by atoms with Crippen molar-refractivity contribution < 1.29 is 9.59 Å². The standard InChI is InChI=1S/C14H26N4O2/c1-3-9-16-14(20)17-13(19)10-18(4-2)12-7-5-11(15)6-8-12/h3,11-12H,1,4-10,15H2,2H3,(H2,16,17,19,20). The lowest BCUT2D eigenvalue weighted by atomic mass is 9.91. The predicted octanol–water partition coefficient (Wildman–Crippen LogP) is 0.590. The Balaban J connectivity index is 2.37. The molecule has 0 aromatic carbocycles. The molecule has 1 aliphatic carbocycles. The Bertz CT molecular complexity index is 338. The van der Waals surface area contributed by atoms with Gasteiger partial charge in [0.2, 0.25) is 5.91 Å². The lowest BCUT2D eigenvalue weighted by Crippen LogP contribution is -2.48. The van der Waals surface area contributed by atoms with E-state index in [1.807, 2.05) is 6.92 Å². The summed E-state index contributed by atoms with van der Waals surface area (Å²) in [5.74, 6) is -0.275. The molecule has 114 valence electrons. The maximum absolute atomic E-state index is 11.8. The molecule has 1 saturated carbocycles. The highest BCUT2D eigenvalue weighted by atomic mass is 16.2. The highest BCUT2D eigenvalue weighted by Crippen LogP contribution is 2.21. The van der Waals surface area contributed by atoms with Crippen molar-refractivity contribution in [2.75, 3.05) is 19.6 Å². The van der Waals surface area contributed by atoms with Crippen molar-refractivity contribution in [3.63, 3.8) is 0 Å². The number of nitrogens with one attached hydrogen (secondary N) is 2. The van der Waals surface area contributed by atoms with Crippen molar-refractivity contribution in [1.29, 1.82) is 0 Å². The minimum atomic E-state index is -0.475. The van der Waals surface area contributed by atoms with E-state index in [2.05, 4.69) is 22.1 Å². The van der Waals surface area contributed by atoms with Gasteiger partial charge in [-0.05, 0) is 32.2 Å². The molecule has 0 bridgehead atoms. The normalized spacial score (nSPS) is 22.4. The minimum Gasteiger partial charge on any atom is -0.334 e. The Kier molecular flexibility index (Phi) is 7.25. The summed E-state index contributed by atoms with van der Waals surface area (Å²) in [4.78, 5) is 25.3. The molecule has 0 saturated heterocycles. The van der Waals surface area contributed by atoms with Gasteiger partial charge in [-0.2, -0.15) is 0 Å². The number of nitrogens with two attached hydrogens (primary N) is 1. The average molecular weight is 282 g/mol. The van der Waals surface area contributed by atoms with E-state index in [1.165, 1.54) is 0 Å². The maximum Gasteiger partial charge on any atom is 0.321 e. The molecule has 0 spiro atoms. The van der Waals surface area contributed by atoms with Crippen LogP contribution in [0.25, 0.3) is 0 Å². The fourth-order valence-corrected chi connectivity index (χ4v) is 2.53. The van der Waals surface area contributed by atoms with Crippen LogP contribution in [0.15, 0.2) is 12.7 Å². The summed E-state index contributed by atoms with van der Waals surface area (Å²) in [5.41, 5.74) is 5.89. The lowest BCUT2D eigenvalue weighted by Gasteiger charge is -2.34. The first-order chi connectivity index (χ1) is 9.56. The largest absolute Gasteiger partial charge is 0.334 e. The van der Waals surface area contributed by atoms with Gasteiger partial charge in [-0.15, -0.1) is 6.58 Å². The number of carbonyl (C=O) groups excluding carboxylic acids is 2. The van der Waals surface area contributed by atoms with Crippen LogP contribution in [-0.4, -0.2) is 48.6 Å². The van der Waals surface area contributed by atoms with Gasteiger partial charge in [-0.3, -0.25) is 15.0 Å². The van der Waals surface area contributed by atoms with E-state index in [4.69, 9.17) is 5.73 Å². The van der Waals surface area contributed by atoms with Gasteiger partial charge < -0.3 is 11.1 Å². The van der Waals surface area contributed by atoms with Gasteiger partial charge >= 0.3 is 6.03 Å². The number of likely N-dealkylation sites (N-methyl/N-ethyl adjacent to an activating group) is 1. The van der Waals surface area contributed by atoms with Gasteiger partial charge in [0, 0.05) is 18.6 Å². The molecule has 0 unspecified atom stereocenters. The SMILES string of the molecule is C=CCNC(=O)NC(=O)CN(CC)C1CCC(N)CC1. The van der Waals surface area contributed by atoms with Crippen LogP contribution in [0.4, 0.5) is 4.79 Å². The van der Waals surface area contributed by atoms with Crippen LogP contribution >= 0.6 is 0 Å². The Hall–Kier alpha value is -1.40. The van der Waals surface area contributed by atoms with Crippen molar-refractivity contribution >= 4 is 11.9 Å². The summed E-state index contributed by atoms with van der Waals surface area (Å²) in [5, 5.41) is 4.84. The first-order valence-electron chi connectivity index (χ1n) is 7.25. The third-order valence-corrected chi connectivity index (χ3v) is 3.67. The third-order valence-electron chi connectivity index (χ3n) is 3.67. The number of urea groups is 1. The third kappa shape index (κ3) is 5.71. The number of carbonyl (C=O) groups is 2. The molecule has 6 nitrogen and oxygen atoms in total. The van der Waals surface area contributed by atoms with E-state index in [9.17, 15) is 9.59 Å². The van der Waals surface area contributed by atoms with Gasteiger partial charge in [-0.25, -0.2) is 4.79 Å². The summed E-state index contributed by atoms with van der Waals surface area (Å²) in [6.07, 6.45) is 5.61. The minimum absolute atomic E-state index is 0.248. The monoisotopic (exact) mass is 282 g/mol. The van der Waals surface area contributed by atoms with E-state index < -0.39 is 6.03 Å². The van der Waals surface area contributed by atoms with Crippen molar-refractivity contribution in [3.05, 3.63) is 12.7 Å². The van der Waals surface area contributed by atoms with Crippen molar-refractivity contribution in [3.8, 4) is 0 Å². The Morgan fingerprint density at radius 3 is 2.55 bits per heavy atom. The quantitative estimate of drug-likeness (QED) is 0.622. The summed E-state index contributed by atoms with van der Waals surface area (Å²) in [6.45, 7) is 6.91. The fourth-order valence-electron chi connectivity index (χ4n) is 2.53. The van der Waals surface area contributed by atoms with E-state index >= 15 is 0 Å². The van der Waals surface area contributed by atoms with Gasteiger partial charge in [0.05, 0.1) is 6.54 Å². The van der Waals surface area contributed by atoms with Crippen LogP contribution in [0.1, 0.15) is 32.6 Å². The first-order valence-corrected chi connectivity index (χ1v) is 7.25. The summed E-state index contributed by atoms with van der Waals surface area (Å²) in [6, 6.07) is 0.210. The number of nitrogens with zero attached hydrogens (tertiary/aromatic N) is 1. The zero-order valence-electron chi connectivity index (χ0n) is 12.2. The fraction of sp³-hybridized carbons (Fsp3) is 0.714. The Morgan fingerprint density at radius 2 is 2.00 bits per heavy atom. The molecule has 0 aromatic rings. The van der Waals surface area contributed by atoms with Crippen molar-refractivity contribution in [2.24, 2.45) is 5.73 Å². The average Bonchev–Trinajstić information content (AvgIpc) is 2.43. The summed E-state index contributed by atoms with van der Waals surface area (Å²) in [7, 11) is 0. The highest BCUT2D eigenvalue weighted by molar-refractivity contribution is 5.95. The lowest BCUT2D eigenvalue weighted by molar-refractivity contribution is -0.121. The number of rotatable bonds is 6. The molecular formula is C14H26N4O2. The molecule has 4 N–H and O–H groups in total. The van der Waals surface area contributed by atoms with Crippen LogP contribution in [0.5, 0.6) is 0 Å². The topological polar surface area (TPSA) is 87.5 Å². The van der Waals surface area contributed by atoms with Gasteiger partial charge in [0.15, 0.2) is 0 Å². The molecule has 20 heavy (non-hydrogen) atoms. The Labute approximate surface area is 120 Å². The zero-order valence-corrected chi connectivity index (χ0v) is 12.2. The first kappa shape index (κ1) is 16.7. The molecule has 0 aromatic heterocycles. The van der Waals surface area contributed by atoms with E-state index in [-0.39, 0.29) is 12.5 Å². The molecular weight excluding hydrogens is 256 g/mol. The number of hydrogen-bond acceptors (Lipinski definition) is 4. The van der Waals surface area contributed by atoms with Crippen LogP contribution in [0, 0.1) is 0 Å². The van der Waals surface area contributed by atoms with E-state index in [0.29, 0.717) is 18.6 Å². The second kappa shape index (κ2) is 8.71. The maximum atomic E-state index is 11.8. The number of hydrogen-bond donors (Lipinski definition) is 3. The summed E-state index contributed by atoms with van der Waals surface area (Å²) >= 11 is 0. The molecule has 3 amide bonds. The van der Waals surface area contributed by atoms with Gasteiger partial charge in [0.25, 0.3) is 0 Å². The van der Waals surface area contributed by atoms with E-state index in [0.717, 1.165) is 32.2 Å². The van der Waals surface area contributed by atoms with Crippen LogP contribution in [0.2, 0.25) is 0 Å². The van der Waals surface area contributed by atoms with Gasteiger partial charge in [0.1, 0.15) is 0 Å². The number of amides is 3. The van der Waals surface area contributed by atoms with Gasteiger partial charge in [-0.1, -0.05) is 13.0 Å². The highest BCUT2D eigenvalue weighted by Gasteiger charge is 2.24. The smallest absolute Gasteiger partial charge is 0.321 e. The number of imide groups is 1. The molecule has 1 rings (SSSR count). The van der Waals surface area contributed by atoms with Crippen LogP contribution < -0.4 is 16.4 Å². The van der Waals surface area contributed by atoms with Crippen molar-refractivity contribution in [2.45, 2.75) is 44.7 Å². The molecule has 0 aliphatic heterocycles. The molecule has 0 heterocycles. The second-order valence-electron chi connectivity index (χ2n) is 5.18. The molecule has 1 aliphatic rings. The molecule has 6 heteroatoms. The summed E-state index contributed by atoms with van der Waals surface area (Å²) < 4.78 is 0. The molecule has 0 atom stereocenters. The molecule has 1 fully saturated rings. The van der Waals surface area contributed by atoms with Crippen LogP contribution in [-0.2, 0) is 4.79 Å². The van der Waals surface area contributed by atoms with E-state index in [1.54, 1.807) is 6.08 Å². The zero-order chi connectivity index (χ0) is 15.0. The van der Waals surface area contributed by atoms with Crippen molar-refractivity contribution in [1.82, 2.24) is 15.5 Å². The van der Waals surface area contributed by atoms with Crippen LogP contribution in [0.3, 0.4) is 0 Å². The second-order valence-corrected chi connectivity index (χ2v) is 5.18. The Morgan fingerprint density at radius 1 is 1.35 bits per heavy atom.